The number of nitrogens with zero attached hydrogens (tertiary/aromatic N) is 2. The molecule has 0 amide bonds. The lowest BCUT2D eigenvalue weighted by Gasteiger charge is -2.61. The topological polar surface area (TPSA) is 119 Å². The van der Waals surface area contributed by atoms with Crippen molar-refractivity contribution in [3.05, 3.63) is 108 Å². The van der Waals surface area contributed by atoms with E-state index in [-0.39, 0.29) is 18.0 Å². The van der Waals surface area contributed by atoms with Gasteiger partial charge in [-0.05, 0) is 213 Å². The maximum atomic E-state index is 13.0. The molecule has 0 aliphatic heterocycles. The highest BCUT2D eigenvalue weighted by Gasteiger charge is 2.60. The highest BCUT2D eigenvalue weighted by Crippen LogP contribution is 2.68. The standard InChI is InChI=1S/C67H86N2O6/c1-49(17-38-64(70)74-45-14-10-8-6-4-5-7-9-13-43-72-57-31-26-54(27-32-57)52-22-18-50(47-68)19-23-52)61-36-37-62-60-35-30-56-46-59(39-41-66(56,2)63(60)40-42-67(61,62)3)75-65(71)16-12-11-15-44-73-58-33-28-55(29-34-58)53-24-20-51(48-69)21-25-53/h18-29,31-34,49,56,59-63H,4-17,30,35-46H2,1-3H3/t49-,56-,59+,60+,61-,62+,63+,66+,67-/m1/s1. The van der Waals surface area contributed by atoms with Crippen LogP contribution in [0.5, 0.6) is 11.5 Å². The molecule has 0 unspecified atom stereocenters. The van der Waals surface area contributed by atoms with Gasteiger partial charge in [0.2, 0.25) is 0 Å². The molecule has 0 heterocycles. The van der Waals surface area contributed by atoms with Crippen molar-refractivity contribution in [1.82, 2.24) is 0 Å². The van der Waals surface area contributed by atoms with Crippen molar-refractivity contribution >= 4 is 11.9 Å². The van der Waals surface area contributed by atoms with E-state index in [4.69, 9.17) is 29.5 Å². The Kier molecular flexibility index (Phi) is 20.4. The summed E-state index contributed by atoms with van der Waals surface area (Å²) in [5.41, 5.74) is 6.42. The SMILES string of the molecule is C[C@H](CCC(=O)OCCCCCCCCCCCOc1ccc(-c2ccc(C#N)cc2)cc1)[C@H]1CC[C@H]2[C@@H]3CC[C@@H]4C[C@@H](OC(=O)CCCCCOc5ccc(-c6ccc(C#N)cc6)cc5)CC[C@]4(C)[C@H]3CC[C@]12C. The molecule has 4 saturated carbocycles. The highest BCUT2D eigenvalue weighted by molar-refractivity contribution is 5.70. The van der Waals surface area contributed by atoms with Gasteiger partial charge in [-0.1, -0.05) is 114 Å². The third kappa shape index (κ3) is 14.9. The van der Waals surface area contributed by atoms with Crippen LogP contribution < -0.4 is 9.47 Å². The van der Waals surface area contributed by atoms with E-state index in [1.54, 1.807) is 0 Å². The molecule has 8 heteroatoms. The Labute approximate surface area is 450 Å². The minimum Gasteiger partial charge on any atom is -0.494 e. The van der Waals surface area contributed by atoms with Gasteiger partial charge in [0.25, 0.3) is 0 Å². The molecule has 0 bridgehead atoms. The molecule has 4 aliphatic rings. The second-order valence-electron chi connectivity index (χ2n) is 23.6. The summed E-state index contributed by atoms with van der Waals surface area (Å²) in [6, 6.07) is 35.9. The Bertz CT molecular complexity index is 2490. The average Bonchev–Trinajstić information content (AvgIpc) is 3.82. The molecule has 0 radical (unpaired) electrons. The third-order valence-electron chi connectivity index (χ3n) is 19.0. The fraction of sp³-hybridized carbons (Fsp3) is 0.582. The molecule has 0 aromatic heterocycles. The van der Waals surface area contributed by atoms with E-state index in [2.05, 4.69) is 45.0 Å². The number of ether oxygens (including phenoxy) is 4. The molecule has 0 spiro atoms. The van der Waals surface area contributed by atoms with E-state index >= 15 is 0 Å². The number of rotatable bonds is 27. The molecule has 4 fully saturated rings. The Balaban J connectivity index is 0.633. The zero-order valence-corrected chi connectivity index (χ0v) is 45.7. The molecular formula is C67H86N2O6. The molecule has 9 atom stereocenters. The van der Waals surface area contributed by atoms with Crippen molar-refractivity contribution < 1.29 is 28.5 Å². The number of carbonyl (C=O) groups excluding carboxylic acids is 2. The van der Waals surface area contributed by atoms with Crippen LogP contribution in [-0.4, -0.2) is 37.9 Å². The first-order chi connectivity index (χ1) is 36.6. The van der Waals surface area contributed by atoms with Gasteiger partial charge in [-0.3, -0.25) is 9.59 Å². The molecule has 8 nitrogen and oxygen atoms in total. The summed E-state index contributed by atoms with van der Waals surface area (Å²) in [6.45, 7) is 9.56. The number of fused-ring (bicyclic) bond motifs is 5. The molecule has 400 valence electrons. The predicted octanol–water partition coefficient (Wildman–Crippen LogP) is 16.8. The van der Waals surface area contributed by atoms with Crippen molar-refractivity contribution in [1.29, 1.82) is 10.5 Å². The summed E-state index contributed by atoms with van der Waals surface area (Å²) < 4.78 is 23.9. The monoisotopic (exact) mass is 1010 g/mol. The molecule has 0 N–H and O–H groups in total. The van der Waals surface area contributed by atoms with Crippen molar-refractivity contribution in [2.24, 2.45) is 46.3 Å². The van der Waals surface area contributed by atoms with Crippen LogP contribution in [0.4, 0.5) is 0 Å². The van der Waals surface area contributed by atoms with Crippen molar-refractivity contribution in [3.8, 4) is 45.9 Å². The first-order valence-corrected chi connectivity index (χ1v) is 29.4. The quantitative estimate of drug-likeness (QED) is 0.0428. The lowest BCUT2D eigenvalue weighted by molar-refractivity contribution is -0.162. The van der Waals surface area contributed by atoms with Gasteiger partial charge < -0.3 is 18.9 Å². The van der Waals surface area contributed by atoms with Crippen LogP contribution in [-0.2, 0) is 19.1 Å². The molecule has 4 aromatic carbocycles. The molecule has 4 aromatic rings. The van der Waals surface area contributed by atoms with Crippen LogP contribution in [0, 0.1) is 69.0 Å². The predicted molar refractivity (Wildman–Crippen MR) is 299 cm³/mol. The second-order valence-corrected chi connectivity index (χ2v) is 23.6. The van der Waals surface area contributed by atoms with Crippen LogP contribution in [0.1, 0.15) is 186 Å². The number of carbonyl (C=O) groups is 2. The van der Waals surface area contributed by atoms with Gasteiger partial charge in [0.1, 0.15) is 17.6 Å². The molecular weight excluding hydrogens is 929 g/mol. The lowest BCUT2D eigenvalue weighted by Crippen LogP contribution is -2.54. The van der Waals surface area contributed by atoms with Crippen molar-refractivity contribution in [2.45, 2.75) is 181 Å². The van der Waals surface area contributed by atoms with Gasteiger partial charge in [-0.15, -0.1) is 0 Å². The van der Waals surface area contributed by atoms with Gasteiger partial charge in [0.15, 0.2) is 0 Å². The number of hydrogen-bond acceptors (Lipinski definition) is 8. The summed E-state index contributed by atoms with van der Waals surface area (Å²) in [4.78, 5) is 25.9. The summed E-state index contributed by atoms with van der Waals surface area (Å²) in [7, 11) is 0. The van der Waals surface area contributed by atoms with E-state index in [1.807, 2.05) is 84.9 Å². The van der Waals surface area contributed by atoms with Gasteiger partial charge in [-0.2, -0.15) is 10.5 Å². The van der Waals surface area contributed by atoms with Gasteiger partial charge >= 0.3 is 11.9 Å². The number of nitriles is 2. The van der Waals surface area contributed by atoms with Crippen molar-refractivity contribution in [3.63, 3.8) is 0 Å². The number of unbranched alkanes of at least 4 members (excludes halogenated alkanes) is 10. The Morgan fingerprint density at radius 1 is 0.533 bits per heavy atom. The van der Waals surface area contributed by atoms with Gasteiger partial charge in [0, 0.05) is 12.8 Å². The zero-order chi connectivity index (χ0) is 52.5. The lowest BCUT2D eigenvalue weighted by atomic mass is 9.44. The summed E-state index contributed by atoms with van der Waals surface area (Å²) >= 11 is 0. The summed E-state index contributed by atoms with van der Waals surface area (Å²) in [5, 5.41) is 18.1. The smallest absolute Gasteiger partial charge is 0.306 e. The van der Waals surface area contributed by atoms with Crippen LogP contribution in [0.15, 0.2) is 97.1 Å². The maximum Gasteiger partial charge on any atom is 0.306 e. The van der Waals surface area contributed by atoms with E-state index in [9.17, 15) is 9.59 Å². The summed E-state index contributed by atoms with van der Waals surface area (Å²) in [5.74, 6) is 5.91. The first kappa shape index (κ1) is 55.6. The highest BCUT2D eigenvalue weighted by atomic mass is 16.5. The molecule has 0 saturated heterocycles. The van der Waals surface area contributed by atoms with E-state index < -0.39 is 0 Å². The molecule has 75 heavy (non-hydrogen) atoms. The van der Waals surface area contributed by atoms with E-state index in [0.717, 1.165) is 116 Å². The normalized spacial score (nSPS) is 25.1. The minimum absolute atomic E-state index is 0.00989. The van der Waals surface area contributed by atoms with E-state index in [1.165, 1.54) is 83.5 Å². The van der Waals surface area contributed by atoms with Crippen LogP contribution in [0.25, 0.3) is 22.3 Å². The fourth-order valence-electron chi connectivity index (χ4n) is 14.7. The number of hydrogen-bond donors (Lipinski definition) is 0. The molecule has 8 rings (SSSR count). The van der Waals surface area contributed by atoms with Crippen LogP contribution >= 0.6 is 0 Å². The maximum absolute atomic E-state index is 13.0. The van der Waals surface area contributed by atoms with Crippen LogP contribution in [0.3, 0.4) is 0 Å². The Hall–Kier alpha value is -5.60. The Morgan fingerprint density at radius 3 is 1.56 bits per heavy atom. The average molecular weight is 1020 g/mol. The summed E-state index contributed by atoms with van der Waals surface area (Å²) in [6.07, 6.45) is 26.3. The van der Waals surface area contributed by atoms with Gasteiger partial charge in [-0.25, -0.2) is 0 Å². The number of benzene rings is 4. The van der Waals surface area contributed by atoms with E-state index in [0.29, 0.717) is 65.8 Å². The zero-order valence-electron chi connectivity index (χ0n) is 45.7. The number of esters is 2. The van der Waals surface area contributed by atoms with Gasteiger partial charge in [0.05, 0.1) is 43.1 Å². The van der Waals surface area contributed by atoms with Crippen LogP contribution in [0.2, 0.25) is 0 Å². The van der Waals surface area contributed by atoms with Crippen molar-refractivity contribution in [2.75, 3.05) is 19.8 Å². The fourth-order valence-corrected chi connectivity index (χ4v) is 14.7. The third-order valence-corrected chi connectivity index (χ3v) is 19.0. The molecule has 4 aliphatic carbocycles. The first-order valence-electron chi connectivity index (χ1n) is 29.4. The second kappa shape index (κ2) is 27.4. The largest absolute Gasteiger partial charge is 0.494 e. The minimum atomic E-state index is -0.0326. The Morgan fingerprint density at radius 2 is 1.01 bits per heavy atom.